The van der Waals surface area contributed by atoms with E-state index in [9.17, 15) is 14.4 Å². The van der Waals surface area contributed by atoms with Gasteiger partial charge in [-0.3, -0.25) is 14.4 Å². The molecule has 1 aromatic rings. The summed E-state index contributed by atoms with van der Waals surface area (Å²) in [7, 11) is 0. The third-order valence-electron chi connectivity index (χ3n) is 5.75. The Morgan fingerprint density at radius 1 is 1.07 bits per heavy atom. The fourth-order valence-corrected chi connectivity index (χ4v) is 4.13. The first-order chi connectivity index (χ1) is 13.6. The van der Waals surface area contributed by atoms with E-state index in [0.717, 1.165) is 44.1 Å². The van der Waals surface area contributed by atoms with Crippen molar-refractivity contribution in [2.75, 3.05) is 19.6 Å². The summed E-state index contributed by atoms with van der Waals surface area (Å²) >= 11 is 0. The van der Waals surface area contributed by atoms with Gasteiger partial charge in [-0.05, 0) is 24.8 Å². The van der Waals surface area contributed by atoms with Crippen LogP contribution >= 0.6 is 0 Å². The predicted molar refractivity (Wildman–Crippen MR) is 107 cm³/mol. The molecule has 1 aliphatic carbocycles. The number of carbonyl (C=O) groups is 3. The Kier molecular flexibility index (Phi) is 7.06. The van der Waals surface area contributed by atoms with Gasteiger partial charge in [-0.2, -0.15) is 0 Å². The lowest BCUT2D eigenvalue weighted by Crippen LogP contribution is -2.58. The Morgan fingerprint density at radius 2 is 1.79 bits per heavy atom. The highest BCUT2D eigenvalue weighted by Gasteiger charge is 2.40. The van der Waals surface area contributed by atoms with Crippen LogP contribution in [0.4, 0.5) is 0 Å². The Bertz CT molecular complexity index is 686. The summed E-state index contributed by atoms with van der Waals surface area (Å²) in [6.45, 7) is 3.51. The smallest absolute Gasteiger partial charge is 0.313 e. The van der Waals surface area contributed by atoms with Crippen LogP contribution in [0.5, 0.6) is 0 Å². The highest BCUT2D eigenvalue weighted by atomic mass is 16.2. The molecule has 0 bridgehead atoms. The van der Waals surface area contributed by atoms with E-state index in [0.29, 0.717) is 19.6 Å². The number of carbonyl (C=O) groups excluding carboxylic acids is 3. The molecule has 3 amide bonds. The number of benzene rings is 1. The maximum atomic E-state index is 13.2. The molecule has 1 aromatic carbocycles. The first kappa shape index (κ1) is 20.4. The van der Waals surface area contributed by atoms with Gasteiger partial charge in [0.05, 0.1) is 0 Å². The van der Waals surface area contributed by atoms with E-state index in [-0.39, 0.29) is 11.9 Å². The van der Waals surface area contributed by atoms with Crippen molar-refractivity contribution >= 4 is 17.7 Å². The third kappa shape index (κ3) is 4.72. The van der Waals surface area contributed by atoms with Crippen molar-refractivity contribution in [1.82, 2.24) is 15.1 Å². The van der Waals surface area contributed by atoms with Crippen LogP contribution in [0, 0.1) is 0 Å². The molecule has 0 radical (unpaired) electrons. The summed E-state index contributed by atoms with van der Waals surface area (Å²) < 4.78 is 0. The molecule has 3 rings (SSSR count). The topological polar surface area (TPSA) is 69.7 Å². The maximum Gasteiger partial charge on any atom is 0.313 e. The lowest BCUT2D eigenvalue weighted by molar-refractivity contribution is -0.159. The Balaban J connectivity index is 1.78. The van der Waals surface area contributed by atoms with Gasteiger partial charge >= 0.3 is 11.8 Å². The van der Waals surface area contributed by atoms with Crippen LogP contribution in [0.3, 0.4) is 0 Å². The van der Waals surface area contributed by atoms with Crippen molar-refractivity contribution in [3.05, 3.63) is 35.9 Å². The Hall–Kier alpha value is -2.37. The van der Waals surface area contributed by atoms with E-state index in [2.05, 4.69) is 12.2 Å². The van der Waals surface area contributed by atoms with E-state index in [4.69, 9.17) is 0 Å². The zero-order valence-electron chi connectivity index (χ0n) is 16.7. The molecule has 1 saturated carbocycles. The molecule has 2 aliphatic rings. The van der Waals surface area contributed by atoms with Gasteiger partial charge in [-0.25, -0.2) is 0 Å². The Labute approximate surface area is 167 Å². The van der Waals surface area contributed by atoms with Crippen LogP contribution < -0.4 is 5.32 Å². The predicted octanol–water partition coefficient (Wildman–Crippen LogP) is 2.65. The van der Waals surface area contributed by atoms with E-state index >= 15 is 0 Å². The SMILES string of the molecule is CCCCN1CCN(C(C(=O)NC2CCCCC2)c2ccccc2)C(=O)C1=O. The molecule has 0 spiro atoms. The van der Waals surface area contributed by atoms with Gasteiger partial charge < -0.3 is 15.1 Å². The first-order valence-electron chi connectivity index (χ1n) is 10.6. The molecule has 1 aliphatic heterocycles. The highest BCUT2D eigenvalue weighted by molar-refractivity contribution is 6.35. The summed E-state index contributed by atoms with van der Waals surface area (Å²) in [4.78, 5) is 41.7. The number of hydrogen-bond acceptors (Lipinski definition) is 3. The standard InChI is InChI=1S/C22H31N3O3/c1-2-3-14-24-15-16-25(22(28)21(24)27)19(17-10-6-4-7-11-17)20(26)23-18-12-8-5-9-13-18/h4,6-7,10-11,18-19H,2-3,5,8-9,12-16H2,1H3,(H,23,26). The second-order valence-electron chi connectivity index (χ2n) is 7.80. The fraction of sp³-hybridized carbons (Fsp3) is 0.591. The number of nitrogens with one attached hydrogen (secondary N) is 1. The number of unbranched alkanes of at least 4 members (excludes halogenated alkanes) is 1. The van der Waals surface area contributed by atoms with E-state index in [1.165, 1.54) is 11.3 Å². The number of amides is 3. The van der Waals surface area contributed by atoms with Gasteiger partial charge in [0, 0.05) is 25.7 Å². The van der Waals surface area contributed by atoms with Crippen LogP contribution in [-0.4, -0.2) is 53.2 Å². The molecule has 28 heavy (non-hydrogen) atoms. The molecule has 6 nitrogen and oxygen atoms in total. The zero-order valence-corrected chi connectivity index (χ0v) is 16.7. The molecule has 1 atom stereocenters. The highest BCUT2D eigenvalue weighted by Crippen LogP contribution is 2.25. The molecule has 2 fully saturated rings. The van der Waals surface area contributed by atoms with Crippen LogP contribution in [-0.2, 0) is 14.4 Å². The number of nitrogens with zero attached hydrogens (tertiary/aromatic N) is 2. The second kappa shape index (κ2) is 9.71. The quantitative estimate of drug-likeness (QED) is 0.734. The van der Waals surface area contributed by atoms with Gasteiger partial charge in [0.1, 0.15) is 6.04 Å². The van der Waals surface area contributed by atoms with Crippen molar-refractivity contribution in [3.8, 4) is 0 Å². The van der Waals surface area contributed by atoms with E-state index in [1.54, 1.807) is 4.90 Å². The van der Waals surface area contributed by atoms with Gasteiger partial charge in [0.2, 0.25) is 5.91 Å². The minimum Gasteiger partial charge on any atom is -0.351 e. The van der Waals surface area contributed by atoms with Crippen LogP contribution in [0.15, 0.2) is 30.3 Å². The molecule has 1 saturated heterocycles. The molecule has 1 heterocycles. The van der Waals surface area contributed by atoms with Gasteiger partial charge in [0.25, 0.3) is 0 Å². The number of rotatable bonds is 7. The van der Waals surface area contributed by atoms with Crippen molar-refractivity contribution in [2.45, 2.75) is 64.0 Å². The van der Waals surface area contributed by atoms with Crippen molar-refractivity contribution in [3.63, 3.8) is 0 Å². The van der Waals surface area contributed by atoms with Crippen molar-refractivity contribution in [1.29, 1.82) is 0 Å². The first-order valence-corrected chi connectivity index (χ1v) is 10.6. The zero-order chi connectivity index (χ0) is 19.9. The molecular formula is C22H31N3O3. The normalized spacial score (nSPS) is 19.6. The summed E-state index contributed by atoms with van der Waals surface area (Å²) in [6, 6.07) is 8.71. The molecular weight excluding hydrogens is 354 g/mol. The average Bonchev–Trinajstić information content (AvgIpc) is 2.72. The molecule has 6 heteroatoms. The van der Waals surface area contributed by atoms with E-state index in [1.807, 2.05) is 30.3 Å². The van der Waals surface area contributed by atoms with Gasteiger partial charge in [-0.15, -0.1) is 0 Å². The van der Waals surface area contributed by atoms with Gasteiger partial charge in [0.15, 0.2) is 0 Å². The number of piperazine rings is 1. The average molecular weight is 386 g/mol. The molecule has 152 valence electrons. The number of hydrogen-bond donors (Lipinski definition) is 1. The molecule has 1 unspecified atom stereocenters. The monoisotopic (exact) mass is 385 g/mol. The van der Waals surface area contributed by atoms with Crippen molar-refractivity contribution < 1.29 is 14.4 Å². The van der Waals surface area contributed by atoms with E-state index < -0.39 is 17.9 Å². The Morgan fingerprint density at radius 3 is 2.46 bits per heavy atom. The summed E-state index contributed by atoms with van der Waals surface area (Å²) in [5.41, 5.74) is 0.749. The maximum absolute atomic E-state index is 13.2. The minimum absolute atomic E-state index is 0.157. The third-order valence-corrected chi connectivity index (χ3v) is 5.75. The fourth-order valence-electron chi connectivity index (χ4n) is 4.13. The second-order valence-corrected chi connectivity index (χ2v) is 7.80. The lowest BCUT2D eigenvalue weighted by Gasteiger charge is -2.38. The summed E-state index contributed by atoms with van der Waals surface area (Å²) in [5.74, 6) is -1.25. The lowest BCUT2D eigenvalue weighted by atomic mass is 9.94. The van der Waals surface area contributed by atoms with Crippen LogP contribution in [0.1, 0.15) is 63.5 Å². The van der Waals surface area contributed by atoms with Crippen molar-refractivity contribution in [2.24, 2.45) is 0 Å². The van der Waals surface area contributed by atoms with Crippen LogP contribution in [0.25, 0.3) is 0 Å². The van der Waals surface area contributed by atoms with Crippen LogP contribution in [0.2, 0.25) is 0 Å². The minimum atomic E-state index is -0.757. The molecule has 1 N–H and O–H groups in total. The summed E-state index contributed by atoms with van der Waals surface area (Å²) in [5, 5.41) is 3.14. The largest absolute Gasteiger partial charge is 0.351 e. The molecule has 0 aromatic heterocycles. The summed E-state index contributed by atoms with van der Waals surface area (Å²) in [6.07, 6.45) is 7.25. The van der Waals surface area contributed by atoms with Gasteiger partial charge in [-0.1, -0.05) is 62.9 Å².